The molecule has 1 aromatic carbocycles. The predicted octanol–water partition coefficient (Wildman–Crippen LogP) is 0.931. The maximum absolute atomic E-state index is 12.1. The molecule has 0 radical (unpaired) electrons. The summed E-state index contributed by atoms with van der Waals surface area (Å²) in [5, 5.41) is 0.630. The Morgan fingerprint density at radius 3 is 2.56 bits per heavy atom. The van der Waals surface area contributed by atoms with E-state index in [0.29, 0.717) is 10.6 Å². The second-order valence-electron chi connectivity index (χ2n) is 5.09. The number of hydrogen-bond acceptors (Lipinski definition) is 6. The smallest absolute Gasteiger partial charge is 0.329 e. The summed E-state index contributed by atoms with van der Waals surface area (Å²) in [6.45, 7) is -0.689. The molecule has 0 aliphatic rings. The number of nitrogens with zero attached hydrogens (tertiary/aromatic N) is 1. The van der Waals surface area contributed by atoms with Crippen molar-refractivity contribution in [1.82, 2.24) is 9.55 Å². The van der Waals surface area contributed by atoms with E-state index in [2.05, 4.69) is 0 Å². The number of aromatic nitrogens is 2. The molecule has 25 heavy (non-hydrogen) atoms. The third-order valence-electron chi connectivity index (χ3n) is 3.35. The number of anilines is 1. The number of aromatic amines is 1. The fourth-order valence-corrected chi connectivity index (χ4v) is 2.31. The minimum Gasteiger partial charge on any atom is -0.457 e. The highest BCUT2D eigenvalue weighted by atomic mass is 35.5. The second-order valence-corrected chi connectivity index (χ2v) is 5.90. The molecule has 0 unspecified atom stereocenters. The number of nitrogen functional groups attached to an aromatic ring is 1. The molecule has 0 amide bonds. The molecule has 0 aliphatic heterocycles. The molecular formula is C15H13Cl2N3O5. The van der Waals surface area contributed by atoms with Crippen LogP contribution in [0.2, 0.25) is 10.0 Å². The Kier molecular flexibility index (Phi) is 5.66. The van der Waals surface area contributed by atoms with Gasteiger partial charge in [0.15, 0.2) is 6.61 Å². The molecular weight excluding hydrogens is 373 g/mol. The van der Waals surface area contributed by atoms with Crippen molar-refractivity contribution in [3.63, 3.8) is 0 Å². The van der Waals surface area contributed by atoms with Gasteiger partial charge >= 0.3 is 11.7 Å². The molecule has 10 heteroatoms. The summed E-state index contributed by atoms with van der Waals surface area (Å²) in [5.74, 6) is -1.83. The molecule has 0 fully saturated rings. The van der Waals surface area contributed by atoms with E-state index in [1.807, 2.05) is 4.98 Å². The minimum absolute atomic E-state index is 0.136. The van der Waals surface area contributed by atoms with Crippen LogP contribution in [0.3, 0.4) is 0 Å². The average molecular weight is 386 g/mol. The van der Waals surface area contributed by atoms with Gasteiger partial charge in [-0.3, -0.25) is 23.9 Å². The van der Waals surface area contributed by atoms with Crippen LogP contribution in [0.4, 0.5) is 5.82 Å². The predicted molar refractivity (Wildman–Crippen MR) is 92.2 cm³/mol. The molecule has 1 heterocycles. The van der Waals surface area contributed by atoms with Crippen LogP contribution in [-0.4, -0.2) is 27.9 Å². The van der Waals surface area contributed by atoms with Crippen molar-refractivity contribution in [3.8, 4) is 0 Å². The zero-order chi connectivity index (χ0) is 18.7. The van der Waals surface area contributed by atoms with Crippen LogP contribution in [-0.2, 0) is 23.0 Å². The van der Waals surface area contributed by atoms with E-state index in [0.717, 1.165) is 4.57 Å². The van der Waals surface area contributed by atoms with Gasteiger partial charge in [0.25, 0.3) is 5.56 Å². The Bertz CT molecular complexity index is 965. The van der Waals surface area contributed by atoms with Crippen LogP contribution in [0.15, 0.2) is 27.8 Å². The Labute approximate surface area is 151 Å². The first kappa shape index (κ1) is 18.8. The molecule has 2 rings (SSSR count). The zero-order valence-electron chi connectivity index (χ0n) is 13.0. The maximum atomic E-state index is 12.1. The number of halogens is 2. The Balaban J connectivity index is 2.06. The normalized spacial score (nSPS) is 10.5. The van der Waals surface area contributed by atoms with Crippen molar-refractivity contribution in [3.05, 3.63) is 60.2 Å². The molecule has 8 nitrogen and oxygen atoms in total. The number of carbonyl (C=O) groups excluding carboxylic acids is 2. The van der Waals surface area contributed by atoms with E-state index < -0.39 is 35.2 Å². The molecule has 0 saturated carbocycles. The highest BCUT2D eigenvalue weighted by molar-refractivity contribution is 6.42. The third-order valence-corrected chi connectivity index (χ3v) is 4.08. The summed E-state index contributed by atoms with van der Waals surface area (Å²) in [5.41, 5.74) is 4.01. The molecule has 0 aliphatic carbocycles. The number of rotatable bonds is 5. The van der Waals surface area contributed by atoms with Crippen molar-refractivity contribution >= 4 is 40.8 Å². The van der Waals surface area contributed by atoms with E-state index in [4.69, 9.17) is 33.7 Å². The van der Waals surface area contributed by atoms with Crippen LogP contribution in [0, 0.1) is 0 Å². The van der Waals surface area contributed by atoms with Gasteiger partial charge in [-0.2, -0.15) is 0 Å². The van der Waals surface area contributed by atoms with Gasteiger partial charge < -0.3 is 10.5 Å². The highest BCUT2D eigenvalue weighted by Crippen LogP contribution is 2.22. The number of nitrogens with one attached hydrogen (secondary N) is 1. The topological polar surface area (TPSA) is 124 Å². The van der Waals surface area contributed by atoms with Crippen molar-refractivity contribution < 1.29 is 14.3 Å². The molecule has 0 bridgehead atoms. The maximum Gasteiger partial charge on any atom is 0.329 e. The lowest BCUT2D eigenvalue weighted by molar-refractivity contribution is -0.141. The van der Waals surface area contributed by atoms with Crippen molar-refractivity contribution in [2.24, 2.45) is 7.05 Å². The van der Waals surface area contributed by atoms with E-state index in [9.17, 15) is 19.2 Å². The summed E-state index contributed by atoms with van der Waals surface area (Å²) in [7, 11) is 1.29. The summed E-state index contributed by atoms with van der Waals surface area (Å²) in [4.78, 5) is 48.9. The summed E-state index contributed by atoms with van der Waals surface area (Å²) in [6.07, 6.45) is -0.136. The lowest BCUT2D eigenvalue weighted by Crippen LogP contribution is -2.35. The Hall–Kier alpha value is -2.58. The number of H-pyrrole nitrogens is 1. The Morgan fingerprint density at radius 1 is 1.24 bits per heavy atom. The van der Waals surface area contributed by atoms with Gasteiger partial charge in [0, 0.05) is 7.05 Å². The lowest BCUT2D eigenvalue weighted by Gasteiger charge is -2.08. The van der Waals surface area contributed by atoms with Crippen molar-refractivity contribution in [1.29, 1.82) is 0 Å². The number of esters is 1. The van der Waals surface area contributed by atoms with Crippen LogP contribution in [0.25, 0.3) is 0 Å². The van der Waals surface area contributed by atoms with E-state index in [1.165, 1.54) is 19.2 Å². The fraction of sp³-hybridized carbons (Fsp3) is 0.200. The number of ether oxygens (including phenoxy) is 1. The summed E-state index contributed by atoms with van der Waals surface area (Å²) >= 11 is 11.6. The zero-order valence-corrected chi connectivity index (χ0v) is 14.5. The summed E-state index contributed by atoms with van der Waals surface area (Å²) in [6, 6.07) is 4.62. The van der Waals surface area contributed by atoms with Gasteiger partial charge in [-0.15, -0.1) is 0 Å². The van der Waals surface area contributed by atoms with Gasteiger partial charge in [0.2, 0.25) is 5.78 Å². The van der Waals surface area contributed by atoms with Crippen LogP contribution in [0.5, 0.6) is 0 Å². The number of Topliss-reactive ketones (excluding diaryl/α,β-unsaturated/α-hetero) is 1. The van der Waals surface area contributed by atoms with E-state index >= 15 is 0 Å². The van der Waals surface area contributed by atoms with Crippen molar-refractivity contribution in [2.45, 2.75) is 6.42 Å². The first-order chi connectivity index (χ1) is 11.7. The van der Waals surface area contributed by atoms with Gasteiger partial charge in [-0.1, -0.05) is 29.3 Å². The number of nitrogens with two attached hydrogens (primary N) is 1. The van der Waals surface area contributed by atoms with E-state index in [-0.39, 0.29) is 17.3 Å². The van der Waals surface area contributed by atoms with Gasteiger partial charge in [-0.25, -0.2) is 4.79 Å². The average Bonchev–Trinajstić information content (AvgIpc) is 2.54. The number of ketones is 1. The SMILES string of the molecule is Cn1c(N)c(C(=O)COC(=O)Cc2ccc(Cl)c(Cl)c2)c(=O)[nH]c1=O. The number of carbonyl (C=O) groups is 2. The van der Waals surface area contributed by atoms with Gasteiger partial charge in [0.05, 0.1) is 16.5 Å². The van der Waals surface area contributed by atoms with Gasteiger partial charge in [-0.05, 0) is 17.7 Å². The molecule has 3 N–H and O–H groups in total. The second kappa shape index (κ2) is 7.54. The first-order valence-corrected chi connectivity index (χ1v) is 7.67. The number of hydrogen-bond donors (Lipinski definition) is 2. The molecule has 0 saturated heterocycles. The standard InChI is InChI=1S/C15H13Cl2N3O5/c1-20-13(18)12(14(23)19-15(20)24)10(21)6-25-11(22)5-7-2-3-8(16)9(17)4-7/h2-4H,5-6,18H2,1H3,(H,19,23,24). The molecule has 1 aromatic heterocycles. The highest BCUT2D eigenvalue weighted by Gasteiger charge is 2.19. The fourth-order valence-electron chi connectivity index (χ4n) is 1.99. The molecule has 0 atom stereocenters. The van der Waals surface area contributed by atoms with Crippen molar-refractivity contribution in [2.75, 3.05) is 12.3 Å². The van der Waals surface area contributed by atoms with Crippen LogP contribution in [0.1, 0.15) is 15.9 Å². The van der Waals surface area contributed by atoms with Gasteiger partial charge in [0.1, 0.15) is 11.4 Å². The van der Waals surface area contributed by atoms with Crippen LogP contribution >= 0.6 is 23.2 Å². The Morgan fingerprint density at radius 2 is 1.92 bits per heavy atom. The quantitative estimate of drug-likeness (QED) is 0.582. The third kappa shape index (κ3) is 4.28. The number of benzene rings is 1. The first-order valence-electron chi connectivity index (χ1n) is 6.92. The monoisotopic (exact) mass is 385 g/mol. The molecule has 132 valence electrons. The minimum atomic E-state index is -0.939. The van der Waals surface area contributed by atoms with Crippen LogP contribution < -0.4 is 17.0 Å². The molecule has 0 spiro atoms. The summed E-state index contributed by atoms with van der Waals surface area (Å²) < 4.78 is 5.76. The molecule has 2 aromatic rings. The largest absolute Gasteiger partial charge is 0.457 e. The van der Waals surface area contributed by atoms with E-state index in [1.54, 1.807) is 6.07 Å². The lowest BCUT2D eigenvalue weighted by atomic mass is 10.1.